The van der Waals surface area contributed by atoms with Gasteiger partial charge in [-0.25, -0.2) is 0 Å². The van der Waals surface area contributed by atoms with Crippen molar-refractivity contribution in [3.8, 4) is 0 Å². The Morgan fingerprint density at radius 2 is 2.00 bits per heavy atom. The van der Waals surface area contributed by atoms with Crippen LogP contribution in [0.2, 0.25) is 0 Å². The lowest BCUT2D eigenvalue weighted by Crippen LogP contribution is -2.41. The highest BCUT2D eigenvalue weighted by Crippen LogP contribution is 2.27. The average Bonchev–Trinajstić information content (AvgIpc) is 3.08. The first kappa shape index (κ1) is 15.1. The largest absolute Gasteiger partial charge is 0.336 e. The molecular weight excluding hydrogens is 300 g/mol. The van der Waals surface area contributed by atoms with Gasteiger partial charge in [0.15, 0.2) is 0 Å². The number of likely N-dealkylation sites (tertiary alicyclic amines) is 1. The van der Waals surface area contributed by atoms with Gasteiger partial charge < -0.3 is 4.90 Å². The zero-order valence-corrected chi connectivity index (χ0v) is 13.5. The molecule has 3 amide bonds. The Labute approximate surface area is 133 Å². The number of rotatable bonds is 2. The van der Waals surface area contributed by atoms with E-state index < -0.39 is 0 Å². The van der Waals surface area contributed by atoms with Crippen molar-refractivity contribution in [3.05, 3.63) is 34.9 Å². The molecule has 0 aliphatic carbocycles. The van der Waals surface area contributed by atoms with Gasteiger partial charge in [-0.2, -0.15) is 0 Å². The van der Waals surface area contributed by atoms with Gasteiger partial charge in [-0.3, -0.25) is 19.3 Å². The molecule has 2 aliphatic heterocycles. The van der Waals surface area contributed by atoms with E-state index in [0.717, 1.165) is 22.9 Å². The summed E-state index contributed by atoms with van der Waals surface area (Å²) in [5.41, 5.74) is 2.90. The van der Waals surface area contributed by atoms with Gasteiger partial charge >= 0.3 is 0 Å². The third-order valence-electron chi connectivity index (χ3n) is 4.35. The molecule has 1 aromatic rings. The second kappa shape index (κ2) is 5.76. The molecule has 0 N–H and O–H groups in total. The van der Waals surface area contributed by atoms with Crippen molar-refractivity contribution in [2.75, 3.05) is 18.8 Å². The van der Waals surface area contributed by atoms with E-state index in [4.69, 9.17) is 0 Å². The molecule has 0 bridgehead atoms. The fourth-order valence-corrected chi connectivity index (χ4v) is 3.69. The Kier molecular flexibility index (Phi) is 3.95. The number of hydrogen-bond acceptors (Lipinski definition) is 4. The normalized spacial score (nSPS) is 21.8. The van der Waals surface area contributed by atoms with Crippen LogP contribution in [0, 0.1) is 13.8 Å². The first-order chi connectivity index (χ1) is 10.5. The quantitative estimate of drug-likeness (QED) is 0.839. The van der Waals surface area contributed by atoms with E-state index in [2.05, 4.69) is 0 Å². The molecule has 5 nitrogen and oxygen atoms in total. The third-order valence-corrected chi connectivity index (χ3v) is 5.19. The summed E-state index contributed by atoms with van der Waals surface area (Å²) in [5, 5.41) is -0.185. The number of hydrogen-bond donors (Lipinski definition) is 0. The molecule has 2 saturated heterocycles. The molecule has 22 heavy (non-hydrogen) atoms. The van der Waals surface area contributed by atoms with Gasteiger partial charge in [0.05, 0.1) is 11.8 Å². The first-order valence-electron chi connectivity index (χ1n) is 7.32. The highest BCUT2D eigenvalue weighted by Gasteiger charge is 2.40. The van der Waals surface area contributed by atoms with Crippen molar-refractivity contribution in [1.82, 2.24) is 9.80 Å². The summed E-state index contributed by atoms with van der Waals surface area (Å²) in [6, 6.07) is 5.50. The van der Waals surface area contributed by atoms with Crippen LogP contribution in [0.3, 0.4) is 0 Å². The minimum absolute atomic E-state index is 0.0302. The lowest BCUT2D eigenvalue weighted by atomic mass is 10.1. The zero-order valence-electron chi connectivity index (χ0n) is 12.7. The molecule has 0 radical (unpaired) electrons. The number of amides is 3. The minimum atomic E-state index is -0.185. The van der Waals surface area contributed by atoms with Crippen molar-refractivity contribution in [1.29, 1.82) is 0 Å². The topological polar surface area (TPSA) is 57.7 Å². The monoisotopic (exact) mass is 318 g/mol. The van der Waals surface area contributed by atoms with Crippen LogP contribution in [0.4, 0.5) is 4.79 Å². The number of carbonyl (C=O) groups is 3. The maximum absolute atomic E-state index is 12.6. The van der Waals surface area contributed by atoms with E-state index in [1.165, 1.54) is 4.90 Å². The Hall–Kier alpha value is -1.82. The predicted molar refractivity (Wildman–Crippen MR) is 84.9 cm³/mol. The zero-order chi connectivity index (χ0) is 15.9. The Morgan fingerprint density at radius 1 is 1.23 bits per heavy atom. The first-order valence-corrected chi connectivity index (χ1v) is 8.31. The van der Waals surface area contributed by atoms with Gasteiger partial charge in [-0.15, -0.1) is 0 Å². The smallest absolute Gasteiger partial charge is 0.289 e. The van der Waals surface area contributed by atoms with E-state index >= 15 is 0 Å². The van der Waals surface area contributed by atoms with Crippen LogP contribution in [0.5, 0.6) is 0 Å². The summed E-state index contributed by atoms with van der Waals surface area (Å²) in [7, 11) is 0. The number of thioether (sulfide) groups is 1. The maximum Gasteiger partial charge on any atom is 0.289 e. The molecule has 2 aliphatic rings. The summed E-state index contributed by atoms with van der Waals surface area (Å²) < 4.78 is 0. The van der Waals surface area contributed by atoms with Crippen molar-refractivity contribution in [2.45, 2.75) is 26.3 Å². The van der Waals surface area contributed by atoms with Gasteiger partial charge in [0.1, 0.15) is 0 Å². The summed E-state index contributed by atoms with van der Waals surface area (Å²) in [6.45, 7) is 5.01. The fraction of sp³-hybridized carbons (Fsp3) is 0.438. The lowest BCUT2D eigenvalue weighted by Gasteiger charge is -2.22. The molecule has 1 atom stereocenters. The molecule has 1 aromatic carbocycles. The standard InChI is InChI=1S/C16H18N2O3S/c1-10-3-4-12(7-11(10)2)15(20)17-6-5-13(8-17)18-14(19)9-22-16(18)21/h3-4,7,13H,5-6,8-9H2,1-2H3. The van der Waals surface area contributed by atoms with Gasteiger partial charge in [0, 0.05) is 18.7 Å². The molecule has 0 saturated carbocycles. The molecule has 3 rings (SSSR count). The van der Waals surface area contributed by atoms with Crippen LogP contribution >= 0.6 is 11.8 Å². The average molecular weight is 318 g/mol. The van der Waals surface area contributed by atoms with Crippen LogP contribution in [0.25, 0.3) is 0 Å². The molecule has 0 aromatic heterocycles. The Morgan fingerprint density at radius 3 is 2.64 bits per heavy atom. The van der Waals surface area contributed by atoms with E-state index in [0.29, 0.717) is 25.1 Å². The van der Waals surface area contributed by atoms with Crippen molar-refractivity contribution >= 4 is 28.8 Å². The molecular formula is C16H18N2O3S. The number of nitrogens with zero attached hydrogens (tertiary/aromatic N) is 2. The van der Waals surface area contributed by atoms with Gasteiger partial charge in [-0.05, 0) is 43.5 Å². The highest BCUT2D eigenvalue weighted by atomic mass is 32.2. The van der Waals surface area contributed by atoms with Crippen LogP contribution < -0.4 is 0 Å². The summed E-state index contributed by atoms with van der Waals surface area (Å²) in [6.07, 6.45) is 0.661. The number of aryl methyl sites for hydroxylation is 2. The molecule has 0 spiro atoms. The Bertz CT molecular complexity index is 643. The Balaban J connectivity index is 1.72. The second-order valence-corrected chi connectivity index (χ2v) is 6.74. The van der Waals surface area contributed by atoms with E-state index in [9.17, 15) is 14.4 Å². The van der Waals surface area contributed by atoms with E-state index in [1.54, 1.807) is 4.90 Å². The SMILES string of the molecule is Cc1ccc(C(=O)N2CCC(N3C(=O)CSC3=O)C2)cc1C. The predicted octanol–water partition coefficient (Wildman–Crippen LogP) is 2.21. The van der Waals surface area contributed by atoms with Crippen LogP contribution in [-0.2, 0) is 4.79 Å². The second-order valence-electron chi connectivity index (χ2n) is 5.81. The number of benzene rings is 1. The molecule has 1 unspecified atom stereocenters. The highest BCUT2D eigenvalue weighted by molar-refractivity contribution is 8.14. The van der Waals surface area contributed by atoms with Gasteiger partial charge in [-0.1, -0.05) is 17.8 Å². The molecule has 116 valence electrons. The van der Waals surface area contributed by atoms with Crippen molar-refractivity contribution in [3.63, 3.8) is 0 Å². The summed E-state index contributed by atoms with van der Waals surface area (Å²) in [4.78, 5) is 39.2. The van der Waals surface area contributed by atoms with Crippen LogP contribution in [-0.4, -0.2) is 51.7 Å². The third kappa shape index (κ3) is 2.63. The van der Waals surface area contributed by atoms with Crippen LogP contribution in [0.1, 0.15) is 27.9 Å². The minimum Gasteiger partial charge on any atom is -0.336 e. The van der Waals surface area contributed by atoms with Gasteiger partial charge in [0.2, 0.25) is 5.91 Å². The molecule has 2 heterocycles. The fourth-order valence-electron chi connectivity index (χ4n) is 2.91. The van der Waals surface area contributed by atoms with Gasteiger partial charge in [0.25, 0.3) is 11.1 Å². The van der Waals surface area contributed by atoms with Crippen molar-refractivity contribution < 1.29 is 14.4 Å². The van der Waals surface area contributed by atoms with Crippen molar-refractivity contribution in [2.24, 2.45) is 0 Å². The maximum atomic E-state index is 12.6. The molecule has 2 fully saturated rings. The summed E-state index contributed by atoms with van der Waals surface area (Å²) >= 11 is 1.04. The van der Waals surface area contributed by atoms with Crippen LogP contribution in [0.15, 0.2) is 18.2 Å². The molecule has 6 heteroatoms. The van der Waals surface area contributed by atoms with E-state index in [-0.39, 0.29) is 28.8 Å². The lowest BCUT2D eigenvalue weighted by molar-refractivity contribution is -0.126. The number of imide groups is 1. The van der Waals surface area contributed by atoms with E-state index in [1.807, 2.05) is 32.0 Å². The summed E-state index contributed by atoms with van der Waals surface area (Å²) in [5.74, 6) is 0.0540. The number of carbonyl (C=O) groups excluding carboxylic acids is 3.